The summed E-state index contributed by atoms with van der Waals surface area (Å²) in [6.07, 6.45) is 0.155. The van der Waals surface area contributed by atoms with Gasteiger partial charge < -0.3 is 9.15 Å². The van der Waals surface area contributed by atoms with Crippen LogP contribution in [0, 0.1) is 20.8 Å². The first kappa shape index (κ1) is 23.0. The minimum Gasteiger partial charge on any atom is -0.424 e. The quantitative estimate of drug-likeness (QED) is 0.336. The summed E-state index contributed by atoms with van der Waals surface area (Å²) >= 11 is 6.27. The Labute approximate surface area is 185 Å². The van der Waals surface area contributed by atoms with Gasteiger partial charge in [-0.1, -0.05) is 36.2 Å². The van der Waals surface area contributed by atoms with E-state index in [0.29, 0.717) is 16.5 Å². The zero-order valence-electron chi connectivity index (χ0n) is 17.5. The minimum absolute atomic E-state index is 0.0291. The lowest BCUT2D eigenvalue weighted by Gasteiger charge is -2.17. The summed E-state index contributed by atoms with van der Waals surface area (Å²) in [7, 11) is -3.93. The van der Waals surface area contributed by atoms with E-state index in [0.717, 1.165) is 5.56 Å². The maximum Gasteiger partial charge on any atom is 0.339 e. The Morgan fingerprint density at radius 2 is 1.77 bits per heavy atom. The fourth-order valence-corrected chi connectivity index (χ4v) is 4.44. The third-order valence-electron chi connectivity index (χ3n) is 5.04. The molecule has 0 saturated carbocycles. The summed E-state index contributed by atoms with van der Waals surface area (Å²) in [6, 6.07) is 8.02. The van der Waals surface area contributed by atoms with E-state index in [1.807, 2.05) is 6.92 Å². The van der Waals surface area contributed by atoms with E-state index in [1.54, 1.807) is 39.0 Å². The summed E-state index contributed by atoms with van der Waals surface area (Å²) < 4.78 is 38.2. The predicted octanol–water partition coefficient (Wildman–Crippen LogP) is 4.03. The fraction of sp³-hybridized carbons (Fsp3) is 0.273. The van der Waals surface area contributed by atoms with Crippen LogP contribution in [0.2, 0.25) is 5.02 Å². The van der Waals surface area contributed by atoms with Crippen LogP contribution in [-0.4, -0.2) is 20.4 Å². The summed E-state index contributed by atoms with van der Waals surface area (Å²) in [5, 5.41) is 0.752. The molecule has 0 aliphatic carbocycles. The maximum absolute atomic E-state index is 12.7. The van der Waals surface area contributed by atoms with Crippen LogP contribution in [0.5, 0.6) is 5.75 Å². The van der Waals surface area contributed by atoms with Crippen LogP contribution in [0.3, 0.4) is 0 Å². The second-order valence-electron chi connectivity index (χ2n) is 7.23. The zero-order valence-corrected chi connectivity index (χ0v) is 19.1. The second kappa shape index (κ2) is 8.82. The van der Waals surface area contributed by atoms with Crippen molar-refractivity contribution in [3.05, 3.63) is 68.5 Å². The Morgan fingerprint density at radius 3 is 2.39 bits per heavy atom. The van der Waals surface area contributed by atoms with Crippen molar-refractivity contribution in [1.29, 1.82) is 0 Å². The van der Waals surface area contributed by atoms with Crippen LogP contribution in [0.1, 0.15) is 30.0 Å². The number of hydrogen-bond donors (Lipinski definition) is 1. The lowest BCUT2D eigenvalue weighted by Crippen LogP contribution is -2.42. The van der Waals surface area contributed by atoms with Gasteiger partial charge in [-0.3, -0.25) is 0 Å². The van der Waals surface area contributed by atoms with Gasteiger partial charge in [0.2, 0.25) is 10.0 Å². The third kappa shape index (κ3) is 4.81. The summed E-state index contributed by atoms with van der Waals surface area (Å²) in [5.41, 5.74) is 1.80. The van der Waals surface area contributed by atoms with Crippen LogP contribution in [0.4, 0.5) is 0 Å². The Hall–Kier alpha value is -2.68. The van der Waals surface area contributed by atoms with Gasteiger partial charge in [0, 0.05) is 17.0 Å². The predicted molar refractivity (Wildman–Crippen MR) is 118 cm³/mol. The number of halogens is 1. The van der Waals surface area contributed by atoms with Crippen LogP contribution in [0.15, 0.2) is 50.5 Å². The normalized spacial score (nSPS) is 12.7. The Balaban J connectivity index is 1.87. The standard InChI is InChI=1S/C22H22ClNO6S/c1-5-18(24-31(27,28)15-8-6-12(2)7-9-15)22(26)30-20-11-19-16(10-17(20)23)13(3)14(4)21(25)29-19/h6-11,18,24H,5H2,1-4H3/t18-/m0/s1. The number of benzene rings is 2. The minimum atomic E-state index is -3.93. The summed E-state index contributed by atoms with van der Waals surface area (Å²) in [6.45, 7) is 6.91. The zero-order chi connectivity index (χ0) is 22.9. The van der Waals surface area contributed by atoms with E-state index in [1.165, 1.54) is 18.2 Å². The molecule has 1 heterocycles. The molecule has 0 fully saturated rings. The number of nitrogens with one attached hydrogen (secondary N) is 1. The van der Waals surface area contributed by atoms with Crippen LogP contribution in [0.25, 0.3) is 11.0 Å². The van der Waals surface area contributed by atoms with Crippen molar-refractivity contribution in [3.63, 3.8) is 0 Å². The SMILES string of the molecule is CC[C@H](NS(=O)(=O)c1ccc(C)cc1)C(=O)Oc1cc2oc(=O)c(C)c(C)c2cc1Cl. The monoisotopic (exact) mass is 463 g/mol. The molecule has 0 spiro atoms. The number of carbonyl (C=O) groups is 1. The highest BCUT2D eigenvalue weighted by molar-refractivity contribution is 7.89. The highest BCUT2D eigenvalue weighted by Crippen LogP contribution is 2.32. The molecule has 164 valence electrons. The summed E-state index contributed by atoms with van der Waals surface area (Å²) in [5.74, 6) is -0.857. The number of esters is 1. The van der Waals surface area contributed by atoms with Gasteiger partial charge in [0.25, 0.3) is 0 Å². The number of sulfonamides is 1. The Kier molecular flexibility index (Phi) is 6.54. The van der Waals surface area contributed by atoms with E-state index in [2.05, 4.69) is 4.72 Å². The molecule has 0 unspecified atom stereocenters. The molecular weight excluding hydrogens is 442 g/mol. The molecule has 7 nitrogen and oxygen atoms in total. The van der Waals surface area contributed by atoms with Crippen molar-refractivity contribution >= 4 is 38.6 Å². The number of carbonyl (C=O) groups excluding carboxylic acids is 1. The van der Waals surface area contributed by atoms with Gasteiger partial charge in [-0.15, -0.1) is 0 Å². The molecule has 0 saturated heterocycles. The number of rotatable bonds is 6. The molecular formula is C22H22ClNO6S. The van der Waals surface area contributed by atoms with Gasteiger partial charge in [-0.25, -0.2) is 18.0 Å². The maximum atomic E-state index is 12.7. The van der Waals surface area contributed by atoms with Gasteiger partial charge in [-0.05, 0) is 51.0 Å². The number of aryl methyl sites for hydroxylation is 2. The highest BCUT2D eigenvalue weighted by atomic mass is 35.5. The molecule has 3 rings (SSSR count). The van der Waals surface area contributed by atoms with E-state index in [4.69, 9.17) is 20.8 Å². The molecule has 1 N–H and O–H groups in total. The second-order valence-corrected chi connectivity index (χ2v) is 9.36. The van der Waals surface area contributed by atoms with E-state index in [9.17, 15) is 18.0 Å². The first-order chi connectivity index (χ1) is 14.5. The molecule has 1 atom stereocenters. The van der Waals surface area contributed by atoms with Crippen LogP contribution in [-0.2, 0) is 14.8 Å². The molecule has 0 amide bonds. The Bertz CT molecular complexity index is 1310. The third-order valence-corrected chi connectivity index (χ3v) is 6.82. The first-order valence-corrected chi connectivity index (χ1v) is 11.4. The smallest absolute Gasteiger partial charge is 0.339 e. The van der Waals surface area contributed by atoms with Crippen molar-refractivity contribution in [2.24, 2.45) is 0 Å². The lowest BCUT2D eigenvalue weighted by molar-refractivity contribution is -0.136. The van der Waals surface area contributed by atoms with Crippen LogP contribution < -0.4 is 15.1 Å². The largest absolute Gasteiger partial charge is 0.424 e. The molecule has 0 aliphatic heterocycles. The molecule has 0 aliphatic rings. The number of fused-ring (bicyclic) bond motifs is 1. The molecule has 0 radical (unpaired) electrons. The van der Waals surface area contributed by atoms with E-state index < -0.39 is 27.7 Å². The van der Waals surface area contributed by atoms with Gasteiger partial charge >= 0.3 is 11.6 Å². The van der Waals surface area contributed by atoms with Gasteiger partial charge in [0.15, 0.2) is 5.75 Å². The Morgan fingerprint density at radius 1 is 1.13 bits per heavy atom. The van der Waals surface area contributed by atoms with Crippen molar-refractivity contribution in [2.75, 3.05) is 0 Å². The van der Waals surface area contributed by atoms with Gasteiger partial charge in [0.1, 0.15) is 11.6 Å². The van der Waals surface area contributed by atoms with Crippen molar-refractivity contribution in [2.45, 2.75) is 45.1 Å². The topological polar surface area (TPSA) is 103 Å². The van der Waals surface area contributed by atoms with E-state index >= 15 is 0 Å². The van der Waals surface area contributed by atoms with Crippen molar-refractivity contribution in [3.8, 4) is 5.75 Å². The number of hydrogen-bond acceptors (Lipinski definition) is 6. The average molecular weight is 464 g/mol. The average Bonchev–Trinajstić information content (AvgIpc) is 2.72. The van der Waals surface area contributed by atoms with Crippen molar-refractivity contribution in [1.82, 2.24) is 4.72 Å². The molecule has 1 aromatic heterocycles. The molecule has 0 bridgehead atoms. The molecule has 9 heteroatoms. The van der Waals surface area contributed by atoms with Gasteiger partial charge in [0.05, 0.1) is 9.92 Å². The number of ether oxygens (including phenoxy) is 1. The van der Waals surface area contributed by atoms with Crippen LogP contribution >= 0.6 is 11.6 Å². The molecule has 31 heavy (non-hydrogen) atoms. The summed E-state index contributed by atoms with van der Waals surface area (Å²) in [4.78, 5) is 24.7. The first-order valence-electron chi connectivity index (χ1n) is 9.57. The molecule has 3 aromatic rings. The molecule has 2 aromatic carbocycles. The lowest BCUT2D eigenvalue weighted by atomic mass is 10.1. The van der Waals surface area contributed by atoms with Gasteiger partial charge in [-0.2, -0.15) is 4.72 Å². The fourth-order valence-electron chi connectivity index (χ4n) is 2.97. The van der Waals surface area contributed by atoms with Crippen molar-refractivity contribution < 1.29 is 22.4 Å². The van der Waals surface area contributed by atoms with E-state index in [-0.39, 0.29) is 27.7 Å². The highest BCUT2D eigenvalue weighted by Gasteiger charge is 2.27.